The Hall–Kier alpha value is -2.44. The van der Waals surface area contributed by atoms with Crippen LogP contribution in [0, 0.1) is 0 Å². The molecule has 118 valence electrons. The lowest BCUT2D eigenvalue weighted by atomic mass is 10.1. The molecule has 1 unspecified atom stereocenters. The predicted octanol–water partition coefficient (Wildman–Crippen LogP) is 1.52. The topological polar surface area (TPSA) is 77.1 Å². The minimum atomic E-state index is -0.424. The molecule has 0 saturated heterocycles. The number of amides is 1. The third kappa shape index (κ3) is 2.54. The molecule has 7 heteroatoms. The Morgan fingerprint density at radius 2 is 2.14 bits per heavy atom. The van der Waals surface area contributed by atoms with Gasteiger partial charge in [0, 0.05) is 12.1 Å². The molecule has 3 rings (SSSR count). The number of nitrogens with one attached hydrogen (secondary N) is 1. The van der Waals surface area contributed by atoms with Gasteiger partial charge in [-0.15, -0.1) is 0 Å². The maximum Gasteiger partial charge on any atom is 0.326 e. The monoisotopic (exact) mass is 306 g/mol. The van der Waals surface area contributed by atoms with Gasteiger partial charge in [0.25, 0.3) is 0 Å². The highest BCUT2D eigenvalue weighted by Gasteiger charge is 2.33. The van der Waals surface area contributed by atoms with Crippen molar-refractivity contribution in [3.8, 4) is 11.5 Å². The lowest BCUT2D eigenvalue weighted by molar-refractivity contribution is -0.143. The van der Waals surface area contributed by atoms with Crippen LogP contribution in [0.15, 0.2) is 12.1 Å². The molecule has 1 amide bonds. The first-order chi connectivity index (χ1) is 10.6. The Morgan fingerprint density at radius 3 is 2.86 bits per heavy atom. The van der Waals surface area contributed by atoms with Crippen molar-refractivity contribution in [2.45, 2.75) is 26.3 Å². The summed E-state index contributed by atoms with van der Waals surface area (Å²) in [6, 6.07) is 3.07. The summed E-state index contributed by atoms with van der Waals surface area (Å²) in [5.74, 6) is 0.587. The number of carbonyl (C=O) groups excluding carboxylic acids is 2. The van der Waals surface area contributed by atoms with Crippen molar-refractivity contribution in [3.63, 3.8) is 0 Å². The van der Waals surface area contributed by atoms with Crippen molar-refractivity contribution in [2.75, 3.05) is 30.2 Å². The summed E-state index contributed by atoms with van der Waals surface area (Å²) in [5, 5.41) is 3.11. The highest BCUT2D eigenvalue weighted by atomic mass is 16.7. The molecule has 0 aliphatic carbocycles. The van der Waals surface area contributed by atoms with Crippen LogP contribution in [0.2, 0.25) is 0 Å². The van der Waals surface area contributed by atoms with E-state index in [2.05, 4.69) is 5.32 Å². The quantitative estimate of drug-likeness (QED) is 0.850. The second-order valence-electron chi connectivity index (χ2n) is 5.23. The van der Waals surface area contributed by atoms with E-state index in [1.165, 1.54) is 4.90 Å². The van der Waals surface area contributed by atoms with E-state index in [4.69, 9.17) is 14.2 Å². The van der Waals surface area contributed by atoms with Crippen LogP contribution >= 0.6 is 0 Å². The summed E-state index contributed by atoms with van der Waals surface area (Å²) < 4.78 is 15.8. The zero-order valence-corrected chi connectivity index (χ0v) is 12.5. The van der Waals surface area contributed by atoms with Crippen molar-refractivity contribution < 1.29 is 23.8 Å². The molecule has 0 bridgehead atoms. The van der Waals surface area contributed by atoms with E-state index in [9.17, 15) is 9.59 Å². The SMILES string of the molecule is CCCOC(=O)CN1C(=O)C(C)Nc2cc3c(cc21)OCO3. The van der Waals surface area contributed by atoms with Gasteiger partial charge >= 0.3 is 5.97 Å². The Kier molecular flexibility index (Phi) is 3.79. The molecule has 22 heavy (non-hydrogen) atoms. The molecular weight excluding hydrogens is 288 g/mol. The van der Waals surface area contributed by atoms with Gasteiger partial charge in [0.2, 0.25) is 12.7 Å². The van der Waals surface area contributed by atoms with E-state index in [1.54, 1.807) is 19.1 Å². The van der Waals surface area contributed by atoms with E-state index < -0.39 is 12.0 Å². The van der Waals surface area contributed by atoms with E-state index in [0.29, 0.717) is 23.8 Å². The van der Waals surface area contributed by atoms with Crippen molar-refractivity contribution in [1.82, 2.24) is 0 Å². The Balaban J connectivity index is 1.89. The Labute approximate surface area is 128 Å². The predicted molar refractivity (Wildman–Crippen MR) is 79.3 cm³/mol. The van der Waals surface area contributed by atoms with Crippen molar-refractivity contribution in [1.29, 1.82) is 0 Å². The van der Waals surface area contributed by atoms with Gasteiger partial charge in [-0.25, -0.2) is 0 Å². The maximum atomic E-state index is 12.4. The molecule has 2 aliphatic rings. The smallest absolute Gasteiger partial charge is 0.326 e. The summed E-state index contributed by atoms with van der Waals surface area (Å²) in [6.45, 7) is 4.06. The van der Waals surface area contributed by atoms with Gasteiger partial charge in [0.05, 0.1) is 18.0 Å². The average molecular weight is 306 g/mol. The standard InChI is InChI=1S/C15H18N2O5/c1-3-4-20-14(18)7-17-11-6-13-12(21-8-22-13)5-10(11)16-9(2)15(17)19/h5-6,9,16H,3-4,7-8H2,1-2H3. The van der Waals surface area contributed by atoms with Crippen molar-refractivity contribution in [3.05, 3.63) is 12.1 Å². The van der Waals surface area contributed by atoms with Crippen LogP contribution in [-0.4, -0.2) is 37.9 Å². The van der Waals surface area contributed by atoms with Crippen LogP contribution in [0.1, 0.15) is 20.3 Å². The number of hydrogen-bond acceptors (Lipinski definition) is 6. The minimum absolute atomic E-state index is 0.114. The lowest BCUT2D eigenvalue weighted by Crippen LogP contribution is -2.48. The number of anilines is 2. The van der Waals surface area contributed by atoms with E-state index in [0.717, 1.165) is 12.1 Å². The summed E-state index contributed by atoms with van der Waals surface area (Å²) in [5.41, 5.74) is 1.33. The molecule has 0 spiro atoms. The van der Waals surface area contributed by atoms with Crippen molar-refractivity contribution >= 4 is 23.3 Å². The first-order valence-electron chi connectivity index (χ1n) is 7.27. The third-order valence-corrected chi connectivity index (χ3v) is 3.54. The summed E-state index contributed by atoms with van der Waals surface area (Å²) >= 11 is 0. The zero-order chi connectivity index (χ0) is 15.7. The molecule has 1 atom stereocenters. The van der Waals surface area contributed by atoms with Crippen LogP contribution < -0.4 is 19.7 Å². The molecule has 1 N–H and O–H groups in total. The second-order valence-corrected chi connectivity index (χ2v) is 5.23. The molecule has 2 heterocycles. The molecular formula is C15H18N2O5. The molecule has 0 fully saturated rings. The number of benzene rings is 1. The van der Waals surface area contributed by atoms with Gasteiger partial charge in [-0.1, -0.05) is 6.92 Å². The highest BCUT2D eigenvalue weighted by molar-refractivity contribution is 6.07. The average Bonchev–Trinajstić information content (AvgIpc) is 2.95. The van der Waals surface area contributed by atoms with Gasteiger partial charge in [0.15, 0.2) is 11.5 Å². The van der Waals surface area contributed by atoms with E-state index >= 15 is 0 Å². The number of carbonyl (C=O) groups is 2. The molecule has 0 saturated carbocycles. The summed E-state index contributed by atoms with van der Waals surface area (Å²) in [6.07, 6.45) is 0.743. The van der Waals surface area contributed by atoms with Crippen molar-refractivity contribution in [2.24, 2.45) is 0 Å². The number of nitrogens with zero attached hydrogens (tertiary/aromatic N) is 1. The maximum absolute atomic E-state index is 12.4. The van der Waals surface area contributed by atoms with Crippen LogP contribution in [-0.2, 0) is 14.3 Å². The first kappa shape index (κ1) is 14.5. The number of esters is 1. The number of fused-ring (bicyclic) bond motifs is 2. The van der Waals surface area contributed by atoms with Gasteiger partial charge in [0.1, 0.15) is 12.6 Å². The van der Waals surface area contributed by atoms with Crippen LogP contribution in [0.25, 0.3) is 0 Å². The molecule has 0 radical (unpaired) electrons. The highest BCUT2D eigenvalue weighted by Crippen LogP contribution is 2.43. The normalized spacial score (nSPS) is 18.7. The van der Waals surface area contributed by atoms with Gasteiger partial charge in [-0.3, -0.25) is 14.5 Å². The molecule has 1 aromatic rings. The fourth-order valence-electron chi connectivity index (χ4n) is 2.47. The van der Waals surface area contributed by atoms with Crippen LogP contribution in [0.4, 0.5) is 11.4 Å². The number of rotatable bonds is 4. The van der Waals surface area contributed by atoms with E-state index in [-0.39, 0.29) is 19.2 Å². The fraction of sp³-hybridized carbons (Fsp3) is 0.467. The Morgan fingerprint density at radius 1 is 1.41 bits per heavy atom. The summed E-state index contributed by atoms with van der Waals surface area (Å²) in [4.78, 5) is 25.7. The third-order valence-electron chi connectivity index (χ3n) is 3.54. The van der Waals surface area contributed by atoms with Crippen LogP contribution in [0.3, 0.4) is 0 Å². The number of hydrogen-bond donors (Lipinski definition) is 1. The fourth-order valence-corrected chi connectivity index (χ4v) is 2.47. The molecule has 0 aromatic heterocycles. The zero-order valence-electron chi connectivity index (χ0n) is 12.5. The summed E-state index contributed by atoms with van der Waals surface area (Å²) in [7, 11) is 0. The van der Waals surface area contributed by atoms with Gasteiger partial charge < -0.3 is 19.5 Å². The van der Waals surface area contributed by atoms with Gasteiger partial charge in [-0.05, 0) is 13.3 Å². The van der Waals surface area contributed by atoms with E-state index in [1.807, 2.05) is 6.92 Å². The molecule has 7 nitrogen and oxygen atoms in total. The lowest BCUT2D eigenvalue weighted by Gasteiger charge is -2.33. The first-order valence-corrected chi connectivity index (χ1v) is 7.27. The molecule has 2 aliphatic heterocycles. The van der Waals surface area contributed by atoms with Crippen LogP contribution in [0.5, 0.6) is 11.5 Å². The molecule has 1 aromatic carbocycles. The Bertz CT molecular complexity index is 616. The minimum Gasteiger partial charge on any atom is -0.464 e. The number of ether oxygens (including phenoxy) is 3. The van der Waals surface area contributed by atoms with Gasteiger partial charge in [-0.2, -0.15) is 0 Å². The second kappa shape index (κ2) is 5.75. The largest absolute Gasteiger partial charge is 0.464 e.